The lowest BCUT2D eigenvalue weighted by Gasteiger charge is -2.23. The average Bonchev–Trinajstić information content (AvgIpc) is 2.51. The smallest absolute Gasteiger partial charge is 0.338 e. The molecule has 1 atom stereocenters. The summed E-state index contributed by atoms with van der Waals surface area (Å²) in [6.45, 7) is 11.4. The molecule has 0 fully saturated rings. The number of methoxy groups -OCH3 is 1. The quantitative estimate of drug-likeness (QED) is 0.512. The zero-order valence-corrected chi connectivity index (χ0v) is 16.5. The first-order valence-corrected chi connectivity index (χ1v) is 8.87. The zero-order valence-electron chi connectivity index (χ0n) is 16.5. The topological polar surface area (TPSA) is 56.8 Å². The first-order chi connectivity index (χ1) is 11.7. The van der Waals surface area contributed by atoms with Gasteiger partial charge in [-0.2, -0.15) is 0 Å². The van der Waals surface area contributed by atoms with Crippen molar-refractivity contribution in [2.24, 2.45) is 0 Å². The van der Waals surface area contributed by atoms with E-state index in [-0.39, 0.29) is 12.6 Å². The van der Waals surface area contributed by atoms with E-state index in [1.807, 2.05) is 20.8 Å². The minimum atomic E-state index is -0.673. The maximum Gasteiger partial charge on any atom is 0.338 e. The van der Waals surface area contributed by atoms with Crippen molar-refractivity contribution in [2.75, 3.05) is 32.2 Å². The highest BCUT2D eigenvalue weighted by Gasteiger charge is 2.25. The van der Waals surface area contributed by atoms with Crippen LogP contribution in [0.25, 0.3) is 0 Å². The van der Waals surface area contributed by atoms with E-state index < -0.39 is 11.7 Å². The van der Waals surface area contributed by atoms with Gasteiger partial charge >= 0.3 is 5.97 Å². The van der Waals surface area contributed by atoms with Crippen LogP contribution in [0, 0.1) is 13.8 Å². The summed E-state index contributed by atoms with van der Waals surface area (Å²) in [5.74, 6) is -0.383. The number of carbonyl (C=O) groups is 1. The van der Waals surface area contributed by atoms with Gasteiger partial charge in [-0.1, -0.05) is 6.07 Å². The van der Waals surface area contributed by atoms with Crippen LogP contribution in [0.2, 0.25) is 0 Å². The molecular weight excluding hydrogens is 318 g/mol. The van der Waals surface area contributed by atoms with Gasteiger partial charge in [0.2, 0.25) is 0 Å². The lowest BCUT2D eigenvalue weighted by molar-refractivity contribution is -0.170. The Balaban J connectivity index is 2.16. The highest BCUT2D eigenvalue weighted by molar-refractivity contribution is 5.75. The van der Waals surface area contributed by atoms with Crippen molar-refractivity contribution in [3.8, 4) is 0 Å². The van der Waals surface area contributed by atoms with Gasteiger partial charge < -0.3 is 19.5 Å². The number of carbonyl (C=O) groups excluding carboxylic acids is 1. The molecule has 0 amide bonds. The largest absolute Gasteiger partial charge is 0.458 e. The molecule has 5 nitrogen and oxygen atoms in total. The molecule has 0 spiro atoms. The van der Waals surface area contributed by atoms with Crippen molar-refractivity contribution in [3.05, 3.63) is 29.3 Å². The molecule has 0 heterocycles. The predicted molar refractivity (Wildman–Crippen MR) is 101 cm³/mol. The van der Waals surface area contributed by atoms with Crippen molar-refractivity contribution in [1.82, 2.24) is 0 Å². The van der Waals surface area contributed by atoms with Gasteiger partial charge in [0, 0.05) is 25.9 Å². The van der Waals surface area contributed by atoms with Gasteiger partial charge in [-0.15, -0.1) is 0 Å². The fourth-order valence-electron chi connectivity index (χ4n) is 2.20. The number of ether oxygens (including phenoxy) is 3. The van der Waals surface area contributed by atoms with Crippen LogP contribution in [0.1, 0.15) is 44.7 Å². The predicted octanol–water partition coefficient (Wildman–Crippen LogP) is 3.87. The summed E-state index contributed by atoms with van der Waals surface area (Å²) in [5, 5.41) is 3.41. The summed E-state index contributed by atoms with van der Waals surface area (Å²) >= 11 is 0. The number of hydrogen-bond donors (Lipinski definition) is 1. The van der Waals surface area contributed by atoms with Gasteiger partial charge in [-0.05, 0) is 70.7 Å². The van der Waals surface area contributed by atoms with E-state index in [1.54, 1.807) is 0 Å². The summed E-state index contributed by atoms with van der Waals surface area (Å²) in [6, 6.07) is 6.39. The molecule has 1 aromatic carbocycles. The molecule has 25 heavy (non-hydrogen) atoms. The molecular formula is C20H33NO4. The Hall–Kier alpha value is -1.59. The standard InChI is InChI=1S/C20H33NO4/c1-15-9-10-17(13-16(15)2)21-11-7-8-12-24-14-18(23-6)19(22)25-20(3,4)5/h9-10,13,18,21H,7-8,11-12,14H2,1-6H3. The third-order valence-electron chi connectivity index (χ3n) is 3.77. The number of benzene rings is 1. The molecule has 0 aliphatic heterocycles. The van der Waals surface area contributed by atoms with E-state index in [9.17, 15) is 4.79 Å². The number of unbranched alkanes of at least 4 members (excludes halogenated alkanes) is 1. The Labute approximate surface area is 152 Å². The van der Waals surface area contributed by atoms with Crippen LogP contribution in [-0.4, -0.2) is 44.5 Å². The third kappa shape index (κ3) is 8.89. The van der Waals surface area contributed by atoms with E-state index in [1.165, 1.54) is 18.2 Å². The molecule has 1 unspecified atom stereocenters. The van der Waals surface area contributed by atoms with Gasteiger partial charge in [0.15, 0.2) is 6.10 Å². The van der Waals surface area contributed by atoms with E-state index in [0.717, 1.165) is 25.1 Å². The highest BCUT2D eigenvalue weighted by Crippen LogP contribution is 2.14. The second-order valence-corrected chi connectivity index (χ2v) is 7.27. The third-order valence-corrected chi connectivity index (χ3v) is 3.77. The van der Waals surface area contributed by atoms with Crippen LogP contribution in [0.3, 0.4) is 0 Å². The van der Waals surface area contributed by atoms with Crippen molar-refractivity contribution < 1.29 is 19.0 Å². The minimum absolute atomic E-state index is 0.218. The average molecular weight is 351 g/mol. The van der Waals surface area contributed by atoms with E-state index in [0.29, 0.717) is 6.61 Å². The molecule has 0 aromatic heterocycles. The van der Waals surface area contributed by atoms with Gasteiger partial charge in [-0.3, -0.25) is 0 Å². The lowest BCUT2D eigenvalue weighted by atomic mass is 10.1. The Kier molecular flexibility index (Phi) is 8.93. The van der Waals surface area contributed by atoms with Crippen LogP contribution in [0.15, 0.2) is 18.2 Å². The number of rotatable bonds is 10. The van der Waals surface area contributed by atoms with Gasteiger partial charge in [0.05, 0.1) is 6.61 Å². The molecule has 0 aliphatic carbocycles. The minimum Gasteiger partial charge on any atom is -0.458 e. The van der Waals surface area contributed by atoms with Crippen LogP contribution in [-0.2, 0) is 19.0 Å². The molecule has 1 N–H and O–H groups in total. The second kappa shape index (κ2) is 10.4. The fourth-order valence-corrected chi connectivity index (χ4v) is 2.20. The molecule has 5 heteroatoms. The summed E-state index contributed by atoms with van der Waals surface area (Å²) < 4.78 is 16.0. The van der Waals surface area contributed by atoms with E-state index in [4.69, 9.17) is 14.2 Å². The normalized spacial score (nSPS) is 12.7. The van der Waals surface area contributed by atoms with E-state index >= 15 is 0 Å². The summed E-state index contributed by atoms with van der Waals surface area (Å²) in [4.78, 5) is 11.9. The maximum absolute atomic E-state index is 11.9. The zero-order chi connectivity index (χ0) is 18.9. The first kappa shape index (κ1) is 21.5. The fraction of sp³-hybridized carbons (Fsp3) is 0.650. The van der Waals surface area contributed by atoms with Crippen LogP contribution in [0.4, 0.5) is 5.69 Å². The number of hydrogen-bond acceptors (Lipinski definition) is 5. The number of anilines is 1. The molecule has 0 saturated carbocycles. The molecule has 0 aliphatic rings. The second-order valence-electron chi connectivity index (χ2n) is 7.27. The number of esters is 1. The van der Waals surface area contributed by atoms with Gasteiger partial charge in [-0.25, -0.2) is 4.79 Å². The Morgan fingerprint density at radius 3 is 2.48 bits per heavy atom. The Morgan fingerprint density at radius 2 is 1.88 bits per heavy atom. The van der Waals surface area contributed by atoms with Crippen molar-refractivity contribution in [3.63, 3.8) is 0 Å². The maximum atomic E-state index is 11.9. The number of aryl methyl sites for hydroxylation is 2. The number of nitrogens with one attached hydrogen (secondary N) is 1. The Morgan fingerprint density at radius 1 is 1.16 bits per heavy atom. The van der Waals surface area contributed by atoms with Crippen LogP contribution >= 0.6 is 0 Å². The molecule has 0 saturated heterocycles. The molecule has 0 bridgehead atoms. The molecule has 1 rings (SSSR count). The monoisotopic (exact) mass is 351 g/mol. The van der Waals surface area contributed by atoms with Crippen LogP contribution < -0.4 is 5.32 Å². The molecule has 142 valence electrons. The van der Waals surface area contributed by atoms with Crippen molar-refractivity contribution >= 4 is 11.7 Å². The lowest BCUT2D eigenvalue weighted by Crippen LogP contribution is -2.35. The Bertz CT molecular complexity index is 537. The molecule has 0 radical (unpaired) electrons. The molecule has 1 aromatic rings. The van der Waals surface area contributed by atoms with Crippen molar-refractivity contribution in [1.29, 1.82) is 0 Å². The summed E-state index contributed by atoms with van der Waals surface area (Å²) in [5.41, 5.74) is 3.22. The van der Waals surface area contributed by atoms with Crippen molar-refractivity contribution in [2.45, 2.75) is 59.2 Å². The van der Waals surface area contributed by atoms with Gasteiger partial charge in [0.25, 0.3) is 0 Å². The first-order valence-electron chi connectivity index (χ1n) is 8.87. The highest BCUT2D eigenvalue weighted by atomic mass is 16.6. The van der Waals surface area contributed by atoms with Crippen LogP contribution in [0.5, 0.6) is 0 Å². The summed E-state index contributed by atoms with van der Waals surface area (Å²) in [6.07, 6.45) is 1.24. The SMILES string of the molecule is COC(COCCCCNc1ccc(C)c(C)c1)C(=O)OC(C)(C)C. The summed E-state index contributed by atoms with van der Waals surface area (Å²) in [7, 11) is 1.49. The van der Waals surface area contributed by atoms with Gasteiger partial charge in [0.1, 0.15) is 5.60 Å². The van der Waals surface area contributed by atoms with E-state index in [2.05, 4.69) is 37.4 Å².